The van der Waals surface area contributed by atoms with Gasteiger partial charge in [0.15, 0.2) is 11.6 Å². The van der Waals surface area contributed by atoms with Gasteiger partial charge >= 0.3 is 6.18 Å². The van der Waals surface area contributed by atoms with E-state index in [0.29, 0.717) is 0 Å². The summed E-state index contributed by atoms with van der Waals surface area (Å²) in [4.78, 5) is 0. The van der Waals surface area contributed by atoms with Crippen LogP contribution in [0.4, 0.5) is 39.0 Å². The van der Waals surface area contributed by atoms with Crippen LogP contribution in [0.3, 0.4) is 0 Å². The van der Waals surface area contributed by atoms with E-state index in [2.05, 4.69) is 21.2 Å². The summed E-state index contributed by atoms with van der Waals surface area (Å²) in [6.45, 7) is 0. The van der Waals surface area contributed by atoms with Gasteiger partial charge in [-0.05, 0) is 30.3 Å². The zero-order valence-corrected chi connectivity index (χ0v) is 11.8. The molecule has 0 aliphatic rings. The lowest BCUT2D eigenvalue weighted by molar-refractivity contribution is -0.137. The molecule has 8 heteroatoms. The molecule has 0 unspecified atom stereocenters. The molecule has 0 saturated heterocycles. The Labute approximate surface area is 124 Å². The second-order valence-corrected chi connectivity index (χ2v) is 5.05. The molecule has 0 aromatic heterocycles. The van der Waals surface area contributed by atoms with Gasteiger partial charge in [0.2, 0.25) is 0 Å². The summed E-state index contributed by atoms with van der Waals surface area (Å²) in [7, 11) is 0. The number of nitrogens with two attached hydrogens (primary N) is 1. The summed E-state index contributed by atoms with van der Waals surface area (Å²) in [5.74, 6) is -2.55. The van der Waals surface area contributed by atoms with Gasteiger partial charge in [0.25, 0.3) is 0 Å². The summed E-state index contributed by atoms with van der Waals surface area (Å²) < 4.78 is 65.9. The van der Waals surface area contributed by atoms with E-state index in [1.807, 2.05) is 0 Å². The third kappa shape index (κ3) is 3.26. The van der Waals surface area contributed by atoms with Crippen molar-refractivity contribution in [2.75, 3.05) is 11.1 Å². The molecule has 0 aliphatic carbocycles. The molecule has 0 saturated carbocycles. The molecule has 0 fully saturated rings. The first-order chi connectivity index (χ1) is 9.70. The van der Waals surface area contributed by atoms with Crippen LogP contribution < -0.4 is 11.1 Å². The summed E-state index contributed by atoms with van der Waals surface area (Å²) in [5.41, 5.74) is 3.27. The van der Waals surface area contributed by atoms with Crippen molar-refractivity contribution in [3.05, 3.63) is 52.0 Å². The fourth-order valence-corrected chi connectivity index (χ4v) is 2.05. The van der Waals surface area contributed by atoms with Crippen molar-refractivity contribution in [1.82, 2.24) is 0 Å². The lowest BCUT2D eigenvalue weighted by atomic mass is 10.1. The van der Waals surface area contributed by atoms with Crippen LogP contribution in [-0.2, 0) is 6.18 Å². The van der Waals surface area contributed by atoms with Gasteiger partial charge in [0, 0.05) is 4.47 Å². The number of benzene rings is 2. The van der Waals surface area contributed by atoms with E-state index in [9.17, 15) is 22.0 Å². The van der Waals surface area contributed by atoms with Crippen LogP contribution in [0.5, 0.6) is 0 Å². The predicted octanol–water partition coefficient (Wildman–Crippen LogP) is 5.07. The van der Waals surface area contributed by atoms with E-state index in [-0.39, 0.29) is 10.2 Å². The van der Waals surface area contributed by atoms with Crippen LogP contribution in [-0.4, -0.2) is 0 Å². The quantitative estimate of drug-likeness (QED) is 0.575. The molecule has 2 nitrogen and oxygen atoms in total. The molecule has 0 bridgehead atoms. The van der Waals surface area contributed by atoms with Crippen LogP contribution in [0, 0.1) is 11.6 Å². The molecule has 0 radical (unpaired) electrons. The number of halogens is 6. The number of nitrogens with one attached hydrogen (secondary N) is 1. The van der Waals surface area contributed by atoms with Crippen LogP contribution in [0.2, 0.25) is 0 Å². The average molecular weight is 367 g/mol. The van der Waals surface area contributed by atoms with Gasteiger partial charge in [-0.3, -0.25) is 0 Å². The third-order valence-electron chi connectivity index (χ3n) is 2.67. The molecule has 0 aliphatic heterocycles. The fraction of sp³-hybridized carbons (Fsp3) is 0.0769. The number of hydrogen-bond acceptors (Lipinski definition) is 2. The van der Waals surface area contributed by atoms with Crippen molar-refractivity contribution >= 4 is 33.0 Å². The van der Waals surface area contributed by atoms with Gasteiger partial charge in [0.05, 0.1) is 16.9 Å². The van der Waals surface area contributed by atoms with Gasteiger partial charge in [0.1, 0.15) is 5.69 Å². The molecule has 0 heterocycles. The number of rotatable bonds is 2. The van der Waals surface area contributed by atoms with Crippen molar-refractivity contribution in [3.8, 4) is 0 Å². The van der Waals surface area contributed by atoms with Gasteiger partial charge in [-0.1, -0.05) is 15.9 Å². The molecular weight excluding hydrogens is 359 g/mol. The van der Waals surface area contributed by atoms with Crippen LogP contribution in [0.15, 0.2) is 34.8 Å². The Morgan fingerprint density at radius 3 is 2.33 bits per heavy atom. The lowest BCUT2D eigenvalue weighted by Gasteiger charge is -2.16. The number of alkyl halides is 3. The first-order valence-electron chi connectivity index (χ1n) is 5.57. The van der Waals surface area contributed by atoms with Gasteiger partial charge in [-0.25, -0.2) is 8.78 Å². The zero-order chi connectivity index (χ0) is 15.8. The Hall–Kier alpha value is -1.83. The smallest absolute Gasteiger partial charge is 0.397 e. The van der Waals surface area contributed by atoms with Crippen molar-refractivity contribution in [3.63, 3.8) is 0 Å². The Morgan fingerprint density at radius 2 is 1.71 bits per heavy atom. The number of nitrogen functional groups attached to an aromatic ring is 1. The molecule has 3 N–H and O–H groups in total. The molecule has 21 heavy (non-hydrogen) atoms. The first-order valence-corrected chi connectivity index (χ1v) is 6.36. The maximum Gasteiger partial charge on any atom is 0.418 e. The highest BCUT2D eigenvalue weighted by Crippen LogP contribution is 2.39. The highest BCUT2D eigenvalue weighted by molar-refractivity contribution is 9.10. The molecule has 2 rings (SSSR count). The van der Waals surface area contributed by atoms with Crippen LogP contribution in [0.1, 0.15) is 5.56 Å². The highest BCUT2D eigenvalue weighted by atomic mass is 79.9. The molecule has 0 atom stereocenters. The van der Waals surface area contributed by atoms with Crippen LogP contribution >= 0.6 is 15.9 Å². The van der Waals surface area contributed by atoms with Gasteiger partial charge < -0.3 is 11.1 Å². The van der Waals surface area contributed by atoms with Crippen molar-refractivity contribution < 1.29 is 22.0 Å². The predicted molar refractivity (Wildman–Crippen MR) is 73.2 cm³/mol. The summed E-state index contributed by atoms with van der Waals surface area (Å²) >= 11 is 2.93. The van der Waals surface area contributed by atoms with E-state index in [0.717, 1.165) is 24.3 Å². The maximum absolute atomic E-state index is 13.6. The van der Waals surface area contributed by atoms with E-state index >= 15 is 0 Å². The molecule has 0 spiro atoms. The molecular formula is C13H8BrF5N2. The second kappa shape index (κ2) is 5.51. The van der Waals surface area contributed by atoms with E-state index in [1.54, 1.807) is 0 Å². The highest BCUT2D eigenvalue weighted by Gasteiger charge is 2.34. The standard InChI is InChI=1S/C13H8BrF5N2/c14-6-1-4-10(7(5-6)13(17,18)19)21-12-9(20)3-2-8(15)11(12)16/h1-5,21H,20H2. The molecule has 112 valence electrons. The average Bonchev–Trinajstić information content (AvgIpc) is 2.39. The van der Waals surface area contributed by atoms with E-state index in [4.69, 9.17) is 5.73 Å². The summed E-state index contributed by atoms with van der Waals surface area (Å²) in [6.07, 6.45) is -4.66. The second-order valence-electron chi connectivity index (χ2n) is 4.14. The SMILES string of the molecule is Nc1ccc(F)c(F)c1Nc1ccc(Br)cc1C(F)(F)F. The van der Waals surface area contributed by atoms with E-state index < -0.39 is 34.7 Å². The minimum absolute atomic E-state index is 0.202. The van der Waals surface area contributed by atoms with Crippen LogP contribution in [0.25, 0.3) is 0 Å². The maximum atomic E-state index is 13.6. The zero-order valence-electron chi connectivity index (χ0n) is 10.2. The Morgan fingerprint density at radius 1 is 1.05 bits per heavy atom. The Balaban J connectivity index is 2.53. The van der Waals surface area contributed by atoms with Crippen molar-refractivity contribution in [2.24, 2.45) is 0 Å². The molecule has 2 aromatic carbocycles. The van der Waals surface area contributed by atoms with Crippen molar-refractivity contribution in [1.29, 1.82) is 0 Å². The number of hydrogen-bond donors (Lipinski definition) is 2. The summed E-state index contributed by atoms with van der Waals surface area (Å²) in [6, 6.07) is 5.12. The topological polar surface area (TPSA) is 38.0 Å². The molecule has 0 amide bonds. The van der Waals surface area contributed by atoms with Crippen molar-refractivity contribution in [2.45, 2.75) is 6.18 Å². The first kappa shape index (κ1) is 15.6. The van der Waals surface area contributed by atoms with E-state index in [1.165, 1.54) is 6.07 Å². The normalized spacial score (nSPS) is 11.5. The monoisotopic (exact) mass is 366 g/mol. The lowest BCUT2D eigenvalue weighted by Crippen LogP contribution is -2.10. The number of anilines is 3. The largest absolute Gasteiger partial charge is 0.418 e. The third-order valence-corrected chi connectivity index (χ3v) is 3.17. The minimum atomic E-state index is -4.66. The van der Waals surface area contributed by atoms with Gasteiger partial charge in [-0.15, -0.1) is 0 Å². The van der Waals surface area contributed by atoms with Gasteiger partial charge in [-0.2, -0.15) is 13.2 Å². The fourth-order valence-electron chi connectivity index (χ4n) is 1.69. The summed E-state index contributed by atoms with van der Waals surface area (Å²) in [5, 5.41) is 2.20. The molecule has 2 aromatic rings. The Bertz CT molecular complexity index is 685. The minimum Gasteiger partial charge on any atom is -0.397 e. The Kier molecular flexibility index (Phi) is 4.08.